The molecule has 0 aromatic heterocycles. The maximum absolute atomic E-state index is 8.58. The van der Waals surface area contributed by atoms with Crippen molar-refractivity contribution in [2.24, 2.45) is 0 Å². The van der Waals surface area contributed by atoms with E-state index in [-0.39, 0.29) is 6.15 Å². The molecule has 0 amide bonds. The molecule has 0 aliphatic carbocycles. The summed E-state index contributed by atoms with van der Waals surface area (Å²) in [5.41, 5.74) is 0. The molecule has 0 saturated carbocycles. The summed E-state index contributed by atoms with van der Waals surface area (Å²) in [5, 5.41) is 41.8. The van der Waals surface area contributed by atoms with E-state index in [4.69, 9.17) is 49.5 Å². The average Bonchev–Trinajstić information content (AvgIpc) is 1.81. The zero-order chi connectivity index (χ0) is 13.4. The Kier molecular flexibility index (Phi) is 53.4. The molecule has 0 atom stereocenters. The molecule has 0 spiro atoms. The minimum absolute atomic E-state index is 0. The van der Waals surface area contributed by atoms with E-state index in [1.807, 2.05) is 0 Å². The number of carboxylic acid groups (broad SMARTS) is 6. The van der Waals surface area contributed by atoms with Crippen LogP contribution in [0.25, 0.3) is 0 Å². The molecule has 0 heterocycles. The van der Waals surface area contributed by atoms with Crippen molar-refractivity contribution in [2.45, 2.75) is 0 Å². The zero-order valence-electron chi connectivity index (χ0n) is 7.43. The quantitative estimate of drug-likeness (QED) is 0.256. The summed E-state index contributed by atoms with van der Waals surface area (Å²) >= 11 is -2.51. The Hall–Kier alpha value is -1.58. The Balaban J connectivity index is -0.0000000331. The summed E-state index contributed by atoms with van der Waals surface area (Å²) in [7, 11) is 0. The van der Waals surface area contributed by atoms with Gasteiger partial charge in [-0.1, -0.05) is 0 Å². The van der Waals surface area contributed by atoms with Gasteiger partial charge in [-0.2, -0.15) is 0 Å². The van der Waals surface area contributed by atoms with E-state index in [9.17, 15) is 0 Å². The summed E-state index contributed by atoms with van der Waals surface area (Å²) in [6.45, 7) is 0. The summed E-state index contributed by atoms with van der Waals surface area (Å²) in [6.07, 6.45) is -5.50. The van der Waals surface area contributed by atoms with Crippen LogP contribution in [0.4, 0.5) is 14.4 Å². The molecule has 0 saturated heterocycles. The van der Waals surface area contributed by atoms with Crippen LogP contribution < -0.4 is 6.15 Å². The van der Waals surface area contributed by atoms with Crippen molar-refractivity contribution < 1.29 is 77.3 Å². The molecule has 9 N–H and O–H groups in total. The monoisotopic (exact) mass is 473 g/mol. The first-order chi connectivity index (χ1) is 6.61. The third-order valence-electron chi connectivity index (χ3n) is 0. The standard InChI is InChI=1S/3CH2O3.H3N.2O.U/c3*2-1(3)4;;;;/h3*(H2,2,3,4);1H3;;;. The van der Waals surface area contributed by atoms with Crippen LogP contribution in [0.5, 0.6) is 0 Å². The Morgan fingerprint density at radius 3 is 0.625 bits per heavy atom. The SMILES string of the molecule is N.O=C(O)O.O=C(O)O.O=C(O)O.[O]=[U]=[O]. The number of rotatable bonds is 0. The fourth-order valence-corrected chi connectivity index (χ4v) is 0. The van der Waals surface area contributed by atoms with Gasteiger partial charge in [-0.3, -0.25) is 0 Å². The molecular weight excluding hydrogens is 464 g/mol. The Bertz CT molecular complexity index is 179. The van der Waals surface area contributed by atoms with Gasteiger partial charge in [-0.25, -0.2) is 14.4 Å². The van der Waals surface area contributed by atoms with Gasteiger partial charge in [-0.15, -0.1) is 0 Å². The van der Waals surface area contributed by atoms with Crippen LogP contribution in [-0.2, 0) is 4.47 Å². The second-order valence-corrected chi connectivity index (χ2v) is 1.63. The number of carbonyl (C=O) groups is 3. The number of hydrogen-bond donors (Lipinski definition) is 7. The second kappa shape index (κ2) is 29.2. The minimum atomic E-state index is -2.51. The first-order valence-electron chi connectivity index (χ1n) is 2.36. The molecule has 0 aliphatic rings. The third-order valence-corrected chi connectivity index (χ3v) is 0. The van der Waals surface area contributed by atoms with E-state index in [0.717, 1.165) is 0 Å². The Labute approximate surface area is 102 Å². The van der Waals surface area contributed by atoms with Crippen molar-refractivity contribution in [3.05, 3.63) is 0 Å². The van der Waals surface area contributed by atoms with Gasteiger partial charge in [-0.05, 0) is 0 Å². The number of hydrogen-bond acceptors (Lipinski definition) is 6. The van der Waals surface area contributed by atoms with Crippen molar-refractivity contribution in [2.75, 3.05) is 0 Å². The first kappa shape index (κ1) is 29.3. The van der Waals surface area contributed by atoms with Crippen LogP contribution in [0.1, 0.15) is 0 Å². The normalized spacial score (nSPS) is 5.00. The Morgan fingerprint density at radius 2 is 0.625 bits per heavy atom. The molecule has 0 unspecified atom stereocenters. The molecule has 16 heavy (non-hydrogen) atoms. The summed E-state index contributed by atoms with van der Waals surface area (Å²) < 4.78 is 17.2. The zero-order valence-corrected chi connectivity index (χ0v) is 11.6. The van der Waals surface area contributed by atoms with Crippen LogP contribution in [-0.4, -0.2) is 49.1 Å². The predicted octanol–water partition coefficient (Wildman–Crippen LogP) is 0.592. The fourth-order valence-electron chi connectivity index (χ4n) is 0. The topological polar surface area (TPSA) is 242 Å². The summed E-state index contributed by atoms with van der Waals surface area (Å²) in [5.74, 6) is 0. The molecule has 0 aliphatic heterocycles. The van der Waals surface area contributed by atoms with Gasteiger partial charge in [0.2, 0.25) is 0 Å². The van der Waals surface area contributed by atoms with E-state index < -0.39 is 46.3 Å². The molecule has 0 bridgehead atoms. The van der Waals surface area contributed by atoms with Gasteiger partial charge in [0.15, 0.2) is 0 Å². The second-order valence-electron chi connectivity index (χ2n) is 0.931. The van der Waals surface area contributed by atoms with Gasteiger partial charge in [0.05, 0.1) is 0 Å². The predicted molar refractivity (Wildman–Crippen MR) is 38.4 cm³/mol. The molecule has 0 radical (unpaired) electrons. The summed E-state index contributed by atoms with van der Waals surface area (Å²) in [4.78, 5) is 25.7. The van der Waals surface area contributed by atoms with Gasteiger partial charge in [0.25, 0.3) is 0 Å². The molecule has 0 fully saturated rings. The van der Waals surface area contributed by atoms with Crippen LogP contribution in [0.15, 0.2) is 0 Å². The molecular formula is C3H9NO11U. The van der Waals surface area contributed by atoms with Gasteiger partial charge in [0.1, 0.15) is 0 Å². The van der Waals surface area contributed by atoms with E-state index in [1.54, 1.807) is 0 Å². The third kappa shape index (κ3) is 651. The van der Waals surface area contributed by atoms with Crippen molar-refractivity contribution in [1.82, 2.24) is 6.15 Å². The van der Waals surface area contributed by atoms with Gasteiger partial charge in [0, 0.05) is 0 Å². The van der Waals surface area contributed by atoms with Crippen LogP contribution >= 0.6 is 0 Å². The van der Waals surface area contributed by atoms with Crippen molar-refractivity contribution in [1.29, 1.82) is 0 Å². The summed E-state index contributed by atoms with van der Waals surface area (Å²) in [6, 6.07) is 0. The molecule has 13 heteroatoms. The van der Waals surface area contributed by atoms with E-state index in [1.165, 1.54) is 0 Å². The van der Waals surface area contributed by atoms with Crippen LogP contribution in [0, 0.1) is 27.8 Å². The van der Waals surface area contributed by atoms with Crippen molar-refractivity contribution >= 4 is 18.5 Å². The maximum atomic E-state index is 8.58. The van der Waals surface area contributed by atoms with Gasteiger partial charge >= 0.3 is 50.8 Å². The molecule has 0 aromatic carbocycles. The van der Waals surface area contributed by atoms with E-state index in [2.05, 4.69) is 0 Å². The van der Waals surface area contributed by atoms with Crippen LogP contribution in [0.3, 0.4) is 0 Å². The average molecular weight is 473 g/mol. The van der Waals surface area contributed by atoms with Crippen molar-refractivity contribution in [3.8, 4) is 0 Å². The molecule has 96 valence electrons. The van der Waals surface area contributed by atoms with Crippen molar-refractivity contribution in [3.63, 3.8) is 0 Å². The van der Waals surface area contributed by atoms with Gasteiger partial charge < -0.3 is 36.8 Å². The first-order valence-corrected chi connectivity index (χ1v) is 5.76. The molecule has 0 rings (SSSR count). The molecule has 0 aromatic rings. The van der Waals surface area contributed by atoms with E-state index in [0.29, 0.717) is 0 Å². The Morgan fingerprint density at radius 1 is 0.625 bits per heavy atom. The molecule has 12 nitrogen and oxygen atoms in total. The van der Waals surface area contributed by atoms with E-state index >= 15 is 0 Å². The van der Waals surface area contributed by atoms with Crippen LogP contribution in [0.2, 0.25) is 0 Å². The fraction of sp³-hybridized carbons (Fsp3) is 0.